The summed E-state index contributed by atoms with van der Waals surface area (Å²) in [6, 6.07) is 6.87. The van der Waals surface area contributed by atoms with Crippen molar-refractivity contribution in [2.24, 2.45) is 5.92 Å². The van der Waals surface area contributed by atoms with Crippen molar-refractivity contribution in [2.45, 2.75) is 20.8 Å². The lowest BCUT2D eigenvalue weighted by molar-refractivity contribution is -0.136. The van der Waals surface area contributed by atoms with E-state index in [0.29, 0.717) is 24.8 Å². The summed E-state index contributed by atoms with van der Waals surface area (Å²) in [7, 11) is 0. The zero-order valence-electron chi connectivity index (χ0n) is 11.5. The van der Waals surface area contributed by atoms with E-state index in [0.717, 1.165) is 5.75 Å². The molecule has 0 saturated heterocycles. The van der Waals surface area contributed by atoms with Crippen LogP contribution in [-0.4, -0.2) is 25.0 Å². The van der Waals surface area contributed by atoms with Gasteiger partial charge >= 0.3 is 11.8 Å². The monoisotopic (exact) mass is 264 g/mol. The number of ether oxygens (including phenoxy) is 1. The summed E-state index contributed by atoms with van der Waals surface area (Å²) < 4.78 is 5.29. The lowest BCUT2D eigenvalue weighted by Gasteiger charge is -2.09. The molecule has 104 valence electrons. The van der Waals surface area contributed by atoms with Gasteiger partial charge in [0.05, 0.1) is 6.61 Å². The number of hydrogen-bond donors (Lipinski definition) is 2. The molecule has 1 rings (SSSR count). The Balaban J connectivity index is 2.49. The lowest BCUT2D eigenvalue weighted by atomic mass is 10.2. The molecule has 0 aliphatic carbocycles. The van der Waals surface area contributed by atoms with E-state index in [-0.39, 0.29) is 0 Å². The summed E-state index contributed by atoms with van der Waals surface area (Å²) in [6.45, 7) is 6.89. The predicted octanol–water partition coefficient (Wildman–Crippen LogP) is 1.80. The molecule has 0 atom stereocenters. The first-order valence-electron chi connectivity index (χ1n) is 6.35. The van der Waals surface area contributed by atoms with Gasteiger partial charge in [0.1, 0.15) is 5.75 Å². The van der Waals surface area contributed by atoms with E-state index < -0.39 is 11.8 Å². The standard InChI is InChI=1S/C14H20N2O3/c1-4-19-12-7-5-11(6-8-12)16-14(18)13(17)15-9-10(2)3/h5-8,10H,4,9H2,1-3H3,(H,15,17)(H,16,18). The fraction of sp³-hybridized carbons (Fsp3) is 0.429. The van der Waals surface area contributed by atoms with Crippen molar-refractivity contribution in [1.29, 1.82) is 0 Å². The van der Waals surface area contributed by atoms with Gasteiger partial charge in [-0.25, -0.2) is 0 Å². The van der Waals surface area contributed by atoms with E-state index in [1.54, 1.807) is 24.3 Å². The molecule has 0 spiro atoms. The average Bonchev–Trinajstić information content (AvgIpc) is 2.38. The maximum Gasteiger partial charge on any atom is 0.313 e. The van der Waals surface area contributed by atoms with Crippen molar-refractivity contribution in [3.63, 3.8) is 0 Å². The van der Waals surface area contributed by atoms with Crippen LogP contribution in [0, 0.1) is 5.92 Å². The fourth-order valence-electron chi connectivity index (χ4n) is 1.37. The van der Waals surface area contributed by atoms with Crippen molar-refractivity contribution >= 4 is 17.5 Å². The van der Waals surface area contributed by atoms with Gasteiger partial charge in [-0.1, -0.05) is 13.8 Å². The zero-order valence-corrected chi connectivity index (χ0v) is 11.5. The number of hydrogen-bond acceptors (Lipinski definition) is 3. The van der Waals surface area contributed by atoms with Gasteiger partial charge in [0, 0.05) is 12.2 Å². The Bertz CT molecular complexity index is 427. The van der Waals surface area contributed by atoms with Crippen molar-refractivity contribution < 1.29 is 14.3 Å². The van der Waals surface area contributed by atoms with Gasteiger partial charge < -0.3 is 15.4 Å². The van der Waals surface area contributed by atoms with Crippen LogP contribution in [0.1, 0.15) is 20.8 Å². The Kier molecular flexibility index (Phi) is 5.85. The van der Waals surface area contributed by atoms with Gasteiger partial charge in [-0.2, -0.15) is 0 Å². The van der Waals surface area contributed by atoms with Gasteiger partial charge in [-0.05, 0) is 37.1 Å². The second kappa shape index (κ2) is 7.41. The van der Waals surface area contributed by atoms with E-state index >= 15 is 0 Å². The average molecular weight is 264 g/mol. The van der Waals surface area contributed by atoms with Crippen LogP contribution in [0.15, 0.2) is 24.3 Å². The molecular formula is C14H20N2O3. The highest BCUT2D eigenvalue weighted by Gasteiger charge is 2.13. The van der Waals surface area contributed by atoms with E-state index in [9.17, 15) is 9.59 Å². The van der Waals surface area contributed by atoms with Crippen LogP contribution in [0.4, 0.5) is 5.69 Å². The molecule has 0 aromatic heterocycles. The first-order valence-corrected chi connectivity index (χ1v) is 6.35. The maximum atomic E-state index is 11.6. The molecule has 0 bridgehead atoms. The Morgan fingerprint density at radius 3 is 2.32 bits per heavy atom. The molecule has 2 N–H and O–H groups in total. The van der Waals surface area contributed by atoms with Crippen LogP contribution >= 0.6 is 0 Å². The van der Waals surface area contributed by atoms with Crippen LogP contribution in [-0.2, 0) is 9.59 Å². The molecule has 5 heteroatoms. The molecule has 5 nitrogen and oxygen atoms in total. The molecule has 0 saturated carbocycles. The largest absolute Gasteiger partial charge is 0.494 e. The summed E-state index contributed by atoms with van der Waals surface area (Å²) in [5, 5.41) is 5.09. The quantitative estimate of drug-likeness (QED) is 0.797. The number of nitrogens with one attached hydrogen (secondary N) is 2. The summed E-state index contributed by atoms with van der Waals surface area (Å²) >= 11 is 0. The number of anilines is 1. The zero-order chi connectivity index (χ0) is 14.3. The Labute approximate surface area is 113 Å². The Hall–Kier alpha value is -2.04. The molecule has 0 radical (unpaired) electrons. The topological polar surface area (TPSA) is 67.4 Å². The maximum absolute atomic E-state index is 11.6. The van der Waals surface area contributed by atoms with Gasteiger partial charge in [-0.3, -0.25) is 9.59 Å². The minimum Gasteiger partial charge on any atom is -0.494 e. The number of carbonyl (C=O) groups is 2. The molecule has 0 aliphatic rings. The predicted molar refractivity (Wildman–Crippen MR) is 74.1 cm³/mol. The summed E-state index contributed by atoms with van der Waals surface area (Å²) in [6.07, 6.45) is 0. The smallest absolute Gasteiger partial charge is 0.313 e. The van der Waals surface area contributed by atoms with Gasteiger partial charge in [0.25, 0.3) is 0 Å². The van der Waals surface area contributed by atoms with Crippen molar-refractivity contribution in [3.8, 4) is 5.75 Å². The highest BCUT2D eigenvalue weighted by molar-refractivity contribution is 6.39. The Morgan fingerprint density at radius 2 is 1.79 bits per heavy atom. The van der Waals surface area contributed by atoms with E-state index in [4.69, 9.17) is 4.74 Å². The van der Waals surface area contributed by atoms with Gasteiger partial charge in [-0.15, -0.1) is 0 Å². The third kappa shape index (κ3) is 5.42. The van der Waals surface area contributed by atoms with E-state index in [2.05, 4.69) is 10.6 Å². The molecular weight excluding hydrogens is 244 g/mol. The van der Waals surface area contributed by atoms with Gasteiger partial charge in [0.2, 0.25) is 0 Å². The molecule has 0 unspecified atom stereocenters. The summed E-state index contributed by atoms with van der Waals surface area (Å²) in [5.74, 6) is -0.251. The summed E-state index contributed by atoms with van der Waals surface area (Å²) in [5.41, 5.74) is 0.563. The lowest BCUT2D eigenvalue weighted by Crippen LogP contribution is -2.37. The highest BCUT2D eigenvalue weighted by Crippen LogP contribution is 2.15. The molecule has 1 aromatic carbocycles. The van der Waals surface area contributed by atoms with Gasteiger partial charge in [0.15, 0.2) is 0 Å². The Morgan fingerprint density at radius 1 is 1.16 bits per heavy atom. The summed E-state index contributed by atoms with van der Waals surface area (Å²) in [4.78, 5) is 23.1. The van der Waals surface area contributed by atoms with Crippen LogP contribution in [0.3, 0.4) is 0 Å². The third-order valence-corrected chi connectivity index (χ3v) is 2.30. The van der Waals surface area contributed by atoms with Crippen LogP contribution < -0.4 is 15.4 Å². The highest BCUT2D eigenvalue weighted by atomic mass is 16.5. The van der Waals surface area contributed by atoms with Crippen LogP contribution in [0.5, 0.6) is 5.75 Å². The number of rotatable bonds is 5. The van der Waals surface area contributed by atoms with E-state index in [1.807, 2.05) is 20.8 Å². The van der Waals surface area contributed by atoms with Crippen LogP contribution in [0.25, 0.3) is 0 Å². The second-order valence-electron chi connectivity index (χ2n) is 4.52. The normalized spacial score (nSPS) is 10.1. The fourth-order valence-corrected chi connectivity index (χ4v) is 1.37. The molecule has 0 aliphatic heterocycles. The first-order chi connectivity index (χ1) is 9.02. The minimum absolute atomic E-state index is 0.308. The number of carbonyl (C=O) groups excluding carboxylic acids is 2. The third-order valence-electron chi connectivity index (χ3n) is 2.30. The number of amides is 2. The molecule has 0 fully saturated rings. The second-order valence-corrected chi connectivity index (χ2v) is 4.52. The van der Waals surface area contributed by atoms with Crippen molar-refractivity contribution in [3.05, 3.63) is 24.3 Å². The van der Waals surface area contributed by atoms with E-state index in [1.165, 1.54) is 0 Å². The minimum atomic E-state index is -0.662. The van der Waals surface area contributed by atoms with Crippen LogP contribution in [0.2, 0.25) is 0 Å². The number of benzene rings is 1. The molecule has 2 amide bonds. The van der Waals surface area contributed by atoms with Crippen molar-refractivity contribution in [2.75, 3.05) is 18.5 Å². The SMILES string of the molecule is CCOc1ccc(NC(=O)C(=O)NCC(C)C)cc1. The molecule has 0 heterocycles. The first kappa shape index (κ1) is 15.0. The molecule has 19 heavy (non-hydrogen) atoms. The van der Waals surface area contributed by atoms with Crippen molar-refractivity contribution in [1.82, 2.24) is 5.32 Å². The molecule has 1 aromatic rings.